The third-order valence-electron chi connectivity index (χ3n) is 5.03. The van der Waals surface area contributed by atoms with Crippen molar-refractivity contribution in [2.24, 2.45) is 0 Å². The molecule has 1 fully saturated rings. The van der Waals surface area contributed by atoms with Crippen molar-refractivity contribution < 1.29 is 23.5 Å². The molecule has 148 valence electrons. The maximum Gasteiger partial charge on any atom is 0.303 e. The van der Waals surface area contributed by atoms with E-state index in [1.165, 1.54) is 24.3 Å². The maximum atomic E-state index is 13.9. The molecule has 1 amide bonds. The Hall–Kier alpha value is -2.80. The Morgan fingerprint density at radius 2 is 1.61 bits per heavy atom. The van der Waals surface area contributed by atoms with Crippen molar-refractivity contribution in [3.63, 3.8) is 0 Å². The van der Waals surface area contributed by atoms with Crippen molar-refractivity contribution in [3.05, 3.63) is 71.3 Å². The summed E-state index contributed by atoms with van der Waals surface area (Å²) in [5.41, 5.74) is 0.897. The molecule has 0 saturated carbocycles. The maximum absolute atomic E-state index is 13.9. The third kappa shape index (κ3) is 4.72. The van der Waals surface area contributed by atoms with Crippen LogP contribution in [0.1, 0.15) is 34.8 Å². The second-order valence-corrected chi connectivity index (χ2v) is 6.81. The Morgan fingerprint density at radius 1 is 0.964 bits per heavy atom. The normalized spacial score (nSPS) is 16.0. The van der Waals surface area contributed by atoms with Crippen LogP contribution in [0.3, 0.4) is 0 Å². The summed E-state index contributed by atoms with van der Waals surface area (Å²) < 4.78 is 27.1. The van der Waals surface area contributed by atoms with Gasteiger partial charge in [0, 0.05) is 38.6 Å². The number of aliphatic carboxylic acids is 1. The van der Waals surface area contributed by atoms with Crippen molar-refractivity contribution >= 4 is 11.9 Å². The number of hydrogen-bond donors (Lipinski definition) is 1. The molecule has 7 heteroatoms. The van der Waals surface area contributed by atoms with Crippen molar-refractivity contribution in [1.82, 2.24) is 9.80 Å². The van der Waals surface area contributed by atoms with Gasteiger partial charge in [-0.05, 0) is 36.2 Å². The van der Waals surface area contributed by atoms with Gasteiger partial charge in [-0.15, -0.1) is 0 Å². The Balaban J connectivity index is 1.69. The van der Waals surface area contributed by atoms with Crippen LogP contribution in [0.25, 0.3) is 0 Å². The standard InChI is InChI=1S/C21H22F2N2O3/c22-16-7-5-15(6-8-16)19(9-10-20(26)27)24-11-13-25(14-12-24)21(28)17-3-1-2-4-18(17)23/h1-8,19H,9-14H2,(H,26,27)/t19-/m1/s1. The van der Waals surface area contributed by atoms with Gasteiger partial charge in [-0.2, -0.15) is 0 Å². The molecule has 1 atom stereocenters. The van der Waals surface area contributed by atoms with E-state index in [0.717, 1.165) is 5.56 Å². The van der Waals surface area contributed by atoms with Crippen molar-refractivity contribution in [1.29, 1.82) is 0 Å². The van der Waals surface area contributed by atoms with Crippen LogP contribution >= 0.6 is 0 Å². The molecule has 1 heterocycles. The Kier molecular flexibility index (Phi) is 6.36. The van der Waals surface area contributed by atoms with E-state index in [1.807, 2.05) is 0 Å². The van der Waals surface area contributed by atoms with Crippen LogP contribution in [0.4, 0.5) is 8.78 Å². The number of carboxylic acid groups (broad SMARTS) is 1. The second-order valence-electron chi connectivity index (χ2n) is 6.81. The summed E-state index contributed by atoms with van der Waals surface area (Å²) in [4.78, 5) is 27.3. The molecule has 1 saturated heterocycles. The first-order chi connectivity index (χ1) is 13.5. The lowest BCUT2D eigenvalue weighted by Crippen LogP contribution is -2.49. The van der Waals surface area contributed by atoms with E-state index >= 15 is 0 Å². The summed E-state index contributed by atoms with van der Waals surface area (Å²) in [6.07, 6.45) is 0.388. The van der Waals surface area contributed by atoms with Gasteiger partial charge in [0.25, 0.3) is 5.91 Å². The lowest BCUT2D eigenvalue weighted by atomic mass is 9.99. The van der Waals surface area contributed by atoms with Crippen molar-refractivity contribution in [2.45, 2.75) is 18.9 Å². The summed E-state index contributed by atoms with van der Waals surface area (Å²) in [6, 6.07) is 11.8. The molecule has 3 rings (SSSR count). The average molecular weight is 388 g/mol. The smallest absolute Gasteiger partial charge is 0.303 e. The van der Waals surface area contributed by atoms with Crippen LogP contribution in [-0.4, -0.2) is 53.0 Å². The van der Waals surface area contributed by atoms with Gasteiger partial charge in [0.2, 0.25) is 0 Å². The van der Waals surface area contributed by atoms with Gasteiger partial charge >= 0.3 is 5.97 Å². The molecule has 1 aliphatic heterocycles. The van der Waals surface area contributed by atoms with E-state index in [4.69, 9.17) is 5.11 Å². The van der Waals surface area contributed by atoms with Gasteiger partial charge in [-0.3, -0.25) is 14.5 Å². The van der Waals surface area contributed by atoms with Crippen LogP contribution in [0, 0.1) is 11.6 Å². The Morgan fingerprint density at radius 3 is 2.21 bits per heavy atom. The van der Waals surface area contributed by atoms with Crippen molar-refractivity contribution in [2.75, 3.05) is 26.2 Å². The summed E-state index contributed by atoms with van der Waals surface area (Å²) in [5.74, 6) is -2.12. The fourth-order valence-corrected chi connectivity index (χ4v) is 3.55. The van der Waals surface area contributed by atoms with Gasteiger partial charge in [-0.25, -0.2) is 8.78 Å². The summed E-state index contributed by atoms with van der Waals surface area (Å²) >= 11 is 0. The molecule has 0 aliphatic carbocycles. The summed E-state index contributed by atoms with van der Waals surface area (Å²) in [7, 11) is 0. The van der Waals surface area contributed by atoms with E-state index in [0.29, 0.717) is 32.6 Å². The quantitative estimate of drug-likeness (QED) is 0.825. The van der Waals surface area contributed by atoms with Crippen LogP contribution in [-0.2, 0) is 4.79 Å². The SMILES string of the molecule is O=C(O)CC[C@H](c1ccc(F)cc1)N1CCN(C(=O)c2ccccc2F)CC1. The third-order valence-corrected chi connectivity index (χ3v) is 5.03. The van der Waals surface area contributed by atoms with Gasteiger partial charge in [0.15, 0.2) is 0 Å². The van der Waals surface area contributed by atoms with Gasteiger partial charge < -0.3 is 10.0 Å². The largest absolute Gasteiger partial charge is 0.481 e. The molecule has 28 heavy (non-hydrogen) atoms. The van der Waals surface area contributed by atoms with Crippen LogP contribution in [0.2, 0.25) is 0 Å². The molecule has 0 aromatic heterocycles. The highest BCUT2D eigenvalue weighted by Crippen LogP contribution is 2.27. The number of carboxylic acids is 1. The highest BCUT2D eigenvalue weighted by molar-refractivity contribution is 5.94. The first-order valence-electron chi connectivity index (χ1n) is 9.21. The summed E-state index contributed by atoms with van der Waals surface area (Å²) in [5, 5.41) is 9.05. The topological polar surface area (TPSA) is 60.9 Å². The minimum Gasteiger partial charge on any atom is -0.481 e. The molecule has 2 aromatic carbocycles. The zero-order valence-corrected chi connectivity index (χ0v) is 15.4. The second kappa shape index (κ2) is 8.93. The van der Waals surface area contributed by atoms with Crippen LogP contribution in [0.5, 0.6) is 0 Å². The molecule has 0 unspecified atom stereocenters. The number of hydrogen-bond acceptors (Lipinski definition) is 3. The zero-order valence-electron chi connectivity index (χ0n) is 15.4. The summed E-state index contributed by atoms with van der Waals surface area (Å²) in [6.45, 7) is 1.89. The predicted molar refractivity (Wildman–Crippen MR) is 99.9 cm³/mol. The minimum absolute atomic E-state index is 0.00356. The first kappa shape index (κ1) is 19.9. The highest BCUT2D eigenvalue weighted by Gasteiger charge is 2.28. The van der Waals surface area contributed by atoms with E-state index in [2.05, 4.69) is 4.90 Å². The van der Waals surface area contributed by atoms with Gasteiger partial charge in [0.05, 0.1) is 5.56 Å². The molecule has 1 aliphatic rings. The number of rotatable bonds is 6. The number of benzene rings is 2. The minimum atomic E-state index is -0.888. The molecule has 2 aromatic rings. The molecule has 0 bridgehead atoms. The fraction of sp³-hybridized carbons (Fsp3) is 0.333. The number of carbonyl (C=O) groups is 2. The van der Waals surface area contributed by atoms with Crippen LogP contribution < -0.4 is 0 Å². The lowest BCUT2D eigenvalue weighted by Gasteiger charge is -2.39. The Bertz CT molecular complexity index is 834. The number of halogens is 2. The molecule has 5 nitrogen and oxygen atoms in total. The fourth-order valence-electron chi connectivity index (χ4n) is 3.55. The average Bonchev–Trinajstić information content (AvgIpc) is 2.69. The molecule has 1 N–H and O–H groups in total. The van der Waals surface area contributed by atoms with Crippen molar-refractivity contribution in [3.8, 4) is 0 Å². The van der Waals surface area contributed by atoms with E-state index in [-0.39, 0.29) is 29.8 Å². The van der Waals surface area contributed by atoms with Crippen LogP contribution in [0.15, 0.2) is 48.5 Å². The van der Waals surface area contributed by atoms with E-state index in [9.17, 15) is 18.4 Å². The molecular formula is C21H22F2N2O3. The van der Waals surface area contributed by atoms with Gasteiger partial charge in [0.1, 0.15) is 11.6 Å². The first-order valence-corrected chi connectivity index (χ1v) is 9.21. The molecular weight excluding hydrogens is 366 g/mol. The molecule has 0 radical (unpaired) electrons. The predicted octanol–water partition coefficient (Wildman–Crippen LogP) is 3.33. The lowest BCUT2D eigenvalue weighted by molar-refractivity contribution is -0.137. The number of carbonyl (C=O) groups excluding carboxylic acids is 1. The van der Waals surface area contributed by atoms with E-state index < -0.39 is 11.8 Å². The highest BCUT2D eigenvalue weighted by atomic mass is 19.1. The monoisotopic (exact) mass is 388 g/mol. The number of nitrogens with zero attached hydrogens (tertiary/aromatic N) is 2. The number of piperazine rings is 1. The van der Waals surface area contributed by atoms with Gasteiger partial charge in [-0.1, -0.05) is 24.3 Å². The molecule has 0 spiro atoms. The van der Waals surface area contributed by atoms with E-state index in [1.54, 1.807) is 29.2 Å². The zero-order chi connectivity index (χ0) is 20.1. The number of amides is 1. The Labute approximate surface area is 162 Å².